The van der Waals surface area contributed by atoms with E-state index in [0.717, 1.165) is 39.7 Å². The van der Waals surface area contributed by atoms with Gasteiger partial charge in [-0.15, -0.1) is 0 Å². The number of benzene rings is 1. The van der Waals surface area contributed by atoms with E-state index < -0.39 is 34.3 Å². The van der Waals surface area contributed by atoms with Crippen LogP contribution < -0.4 is 14.8 Å². The van der Waals surface area contributed by atoms with E-state index in [9.17, 15) is 30.6 Å². The normalized spacial score (nSPS) is 18.2. The van der Waals surface area contributed by atoms with Crippen LogP contribution in [-0.2, 0) is 5.60 Å². The summed E-state index contributed by atoms with van der Waals surface area (Å²) in [7, 11) is 2.37. The summed E-state index contributed by atoms with van der Waals surface area (Å²) in [5, 5.41) is 63.5. The van der Waals surface area contributed by atoms with Crippen LogP contribution in [0.2, 0.25) is 0 Å². The average molecular weight is 359 g/mol. The van der Waals surface area contributed by atoms with Crippen LogP contribution in [0.25, 0.3) is 0 Å². The molecule has 2 rings (SSSR count). The standard InChI is InChI=1S/C16H25NO8/c1-15(21,16(22,23)17-2)9-10(18)12(20)13(24-3)14(11(9)19)25-8-6-4-5-7-8/h8,17-23H,4-7H2,1-3H3. The van der Waals surface area contributed by atoms with Gasteiger partial charge in [-0.05, 0) is 39.7 Å². The number of likely N-dealkylation sites (N-methyl/N-ethyl adjacent to an activating group) is 1. The van der Waals surface area contributed by atoms with Crippen molar-refractivity contribution in [2.45, 2.75) is 50.2 Å². The highest BCUT2D eigenvalue weighted by Crippen LogP contribution is 2.56. The van der Waals surface area contributed by atoms with Gasteiger partial charge >= 0.3 is 0 Å². The van der Waals surface area contributed by atoms with Crippen LogP contribution in [0, 0.1) is 0 Å². The third-order valence-corrected chi connectivity index (χ3v) is 4.64. The van der Waals surface area contributed by atoms with E-state index in [1.807, 2.05) is 0 Å². The quantitative estimate of drug-likeness (QED) is 0.214. The van der Waals surface area contributed by atoms with Crippen LogP contribution in [-0.4, -0.2) is 56.8 Å². The molecule has 1 unspecified atom stereocenters. The number of aromatic hydroxyl groups is 3. The third kappa shape index (κ3) is 3.15. The number of methoxy groups -OCH3 is 1. The van der Waals surface area contributed by atoms with E-state index >= 15 is 0 Å². The van der Waals surface area contributed by atoms with Crippen molar-refractivity contribution >= 4 is 0 Å². The number of rotatable bonds is 6. The molecule has 142 valence electrons. The number of phenolic OH excluding ortho intramolecular Hbond substituents is 3. The molecule has 1 aliphatic rings. The molecule has 9 nitrogen and oxygen atoms in total. The Balaban J connectivity index is 2.66. The van der Waals surface area contributed by atoms with Crippen molar-refractivity contribution in [3.63, 3.8) is 0 Å². The Labute approximate surface area is 145 Å². The number of aliphatic hydroxyl groups is 3. The fourth-order valence-electron chi connectivity index (χ4n) is 3.02. The fourth-order valence-corrected chi connectivity index (χ4v) is 3.02. The van der Waals surface area contributed by atoms with Gasteiger partial charge in [0, 0.05) is 0 Å². The van der Waals surface area contributed by atoms with Crippen molar-refractivity contribution in [1.29, 1.82) is 0 Å². The van der Waals surface area contributed by atoms with Crippen molar-refractivity contribution < 1.29 is 40.1 Å². The van der Waals surface area contributed by atoms with Crippen molar-refractivity contribution in [3.8, 4) is 28.7 Å². The molecule has 0 aromatic heterocycles. The summed E-state index contributed by atoms with van der Waals surface area (Å²) in [6.07, 6.45) is 3.11. The van der Waals surface area contributed by atoms with Gasteiger partial charge in [0.05, 0.1) is 18.8 Å². The maximum Gasteiger partial charge on any atom is 0.256 e. The van der Waals surface area contributed by atoms with E-state index in [0.29, 0.717) is 0 Å². The Bertz CT molecular complexity index is 638. The second-order valence-electron chi connectivity index (χ2n) is 6.30. The Hall–Kier alpha value is -1.94. The van der Waals surface area contributed by atoms with Crippen LogP contribution in [0.1, 0.15) is 38.2 Å². The van der Waals surface area contributed by atoms with Gasteiger partial charge in [0.2, 0.25) is 17.2 Å². The minimum absolute atomic E-state index is 0.237. The molecule has 7 N–H and O–H groups in total. The minimum Gasteiger partial charge on any atom is -0.504 e. The summed E-state index contributed by atoms with van der Waals surface area (Å²) in [6, 6.07) is 0. The highest BCUT2D eigenvalue weighted by molar-refractivity contribution is 5.70. The molecule has 0 bridgehead atoms. The Kier molecular flexibility index (Phi) is 5.24. The van der Waals surface area contributed by atoms with Gasteiger partial charge in [-0.2, -0.15) is 0 Å². The number of phenols is 3. The highest BCUT2D eigenvalue weighted by Gasteiger charge is 2.50. The van der Waals surface area contributed by atoms with Crippen LogP contribution in [0.3, 0.4) is 0 Å². The van der Waals surface area contributed by atoms with Gasteiger partial charge in [0.15, 0.2) is 17.1 Å². The number of ether oxygens (including phenoxy) is 2. The first-order valence-corrected chi connectivity index (χ1v) is 7.96. The van der Waals surface area contributed by atoms with E-state index in [1.54, 1.807) is 0 Å². The Morgan fingerprint density at radius 1 is 0.960 bits per heavy atom. The SMILES string of the molecule is CNC(O)(O)C(C)(O)c1c(O)c(O)c(OC)c(OC2CCCC2)c1O. The lowest BCUT2D eigenvalue weighted by Crippen LogP contribution is -2.58. The zero-order valence-electron chi connectivity index (χ0n) is 14.4. The van der Waals surface area contributed by atoms with E-state index in [1.165, 1.54) is 7.11 Å². The third-order valence-electron chi connectivity index (χ3n) is 4.64. The predicted octanol–water partition coefficient (Wildman–Crippen LogP) is 0.199. The predicted molar refractivity (Wildman–Crippen MR) is 86.7 cm³/mol. The molecule has 0 radical (unpaired) electrons. The summed E-state index contributed by atoms with van der Waals surface area (Å²) in [5.41, 5.74) is -3.31. The molecule has 1 atom stereocenters. The Morgan fingerprint density at radius 3 is 2.00 bits per heavy atom. The molecule has 1 saturated carbocycles. The molecular weight excluding hydrogens is 334 g/mol. The highest BCUT2D eigenvalue weighted by atomic mass is 16.6. The smallest absolute Gasteiger partial charge is 0.256 e. The summed E-state index contributed by atoms with van der Waals surface area (Å²) in [6.45, 7) is 0.948. The van der Waals surface area contributed by atoms with Gasteiger partial charge in [-0.1, -0.05) is 0 Å². The van der Waals surface area contributed by atoms with Gasteiger partial charge in [0.1, 0.15) is 0 Å². The molecule has 0 amide bonds. The molecule has 0 spiro atoms. The molecule has 0 heterocycles. The summed E-state index contributed by atoms with van der Waals surface area (Å²) >= 11 is 0. The van der Waals surface area contributed by atoms with Crippen molar-refractivity contribution in [1.82, 2.24) is 5.32 Å². The fraction of sp³-hybridized carbons (Fsp3) is 0.625. The summed E-state index contributed by atoms with van der Waals surface area (Å²) < 4.78 is 10.7. The molecular formula is C16H25NO8. The lowest BCUT2D eigenvalue weighted by Gasteiger charge is -2.37. The maximum absolute atomic E-state index is 10.6. The van der Waals surface area contributed by atoms with Crippen LogP contribution in [0.15, 0.2) is 0 Å². The topological polar surface area (TPSA) is 152 Å². The lowest BCUT2D eigenvalue weighted by molar-refractivity contribution is -0.290. The minimum atomic E-state index is -2.92. The van der Waals surface area contributed by atoms with E-state index in [-0.39, 0.29) is 17.6 Å². The second kappa shape index (κ2) is 6.75. The largest absolute Gasteiger partial charge is 0.504 e. The monoisotopic (exact) mass is 359 g/mol. The first kappa shape index (κ1) is 19.4. The lowest BCUT2D eigenvalue weighted by atomic mass is 9.89. The molecule has 1 aliphatic carbocycles. The van der Waals surface area contributed by atoms with E-state index in [4.69, 9.17) is 9.47 Å². The Morgan fingerprint density at radius 2 is 1.52 bits per heavy atom. The molecule has 9 heteroatoms. The van der Waals surface area contributed by atoms with Crippen molar-refractivity contribution in [3.05, 3.63) is 5.56 Å². The summed E-state index contributed by atoms with van der Waals surface area (Å²) in [5.74, 6) is -6.03. The first-order valence-electron chi connectivity index (χ1n) is 7.96. The first-order chi connectivity index (χ1) is 11.6. The molecule has 0 aliphatic heterocycles. The molecule has 25 heavy (non-hydrogen) atoms. The molecule has 1 aromatic carbocycles. The number of hydrogen-bond donors (Lipinski definition) is 7. The van der Waals surface area contributed by atoms with Crippen molar-refractivity contribution in [2.75, 3.05) is 14.2 Å². The van der Waals surface area contributed by atoms with Crippen molar-refractivity contribution in [2.24, 2.45) is 0 Å². The maximum atomic E-state index is 10.6. The zero-order chi connectivity index (χ0) is 19.0. The zero-order valence-corrected chi connectivity index (χ0v) is 14.4. The van der Waals surface area contributed by atoms with Gasteiger partial charge in [-0.3, -0.25) is 5.32 Å². The summed E-state index contributed by atoms with van der Waals surface area (Å²) in [4.78, 5) is 0. The number of hydrogen-bond acceptors (Lipinski definition) is 9. The van der Waals surface area contributed by atoms with Gasteiger partial charge < -0.3 is 40.1 Å². The van der Waals surface area contributed by atoms with E-state index in [2.05, 4.69) is 5.32 Å². The molecule has 0 saturated heterocycles. The second-order valence-corrected chi connectivity index (χ2v) is 6.30. The average Bonchev–Trinajstić information content (AvgIpc) is 3.05. The van der Waals surface area contributed by atoms with Crippen LogP contribution in [0.5, 0.6) is 28.7 Å². The van der Waals surface area contributed by atoms with Crippen LogP contribution >= 0.6 is 0 Å². The molecule has 1 fully saturated rings. The van der Waals surface area contributed by atoms with Crippen LogP contribution in [0.4, 0.5) is 0 Å². The van der Waals surface area contributed by atoms with Gasteiger partial charge in [0.25, 0.3) is 5.91 Å². The van der Waals surface area contributed by atoms with Gasteiger partial charge in [-0.25, -0.2) is 0 Å². The number of nitrogens with one attached hydrogen (secondary N) is 1. The molecule has 1 aromatic rings.